The predicted molar refractivity (Wildman–Crippen MR) is 62.9 cm³/mol. The average Bonchev–Trinajstić information content (AvgIpc) is 2.51. The zero-order valence-electron chi connectivity index (χ0n) is 9.57. The van der Waals surface area contributed by atoms with Gasteiger partial charge in [-0.15, -0.1) is 0 Å². The molecule has 84 valence electrons. The first kappa shape index (κ1) is 10.7. The molecule has 2 rings (SSSR count). The van der Waals surface area contributed by atoms with Gasteiger partial charge in [0.1, 0.15) is 0 Å². The number of carbonyl (C=O) groups is 1. The van der Waals surface area contributed by atoms with E-state index in [9.17, 15) is 9.59 Å². The van der Waals surface area contributed by atoms with Crippen LogP contribution in [-0.4, -0.2) is 15.3 Å². The van der Waals surface area contributed by atoms with Gasteiger partial charge in [-0.25, -0.2) is 4.79 Å². The zero-order chi connectivity index (χ0) is 11.9. The molecule has 0 aliphatic heterocycles. The number of nitrogens with zero attached hydrogens (tertiary/aromatic N) is 1. The average molecular weight is 218 g/mol. The summed E-state index contributed by atoms with van der Waals surface area (Å²) in [5, 5.41) is 0. The zero-order valence-corrected chi connectivity index (χ0v) is 9.57. The molecule has 4 heteroatoms. The molecule has 4 nitrogen and oxygen atoms in total. The van der Waals surface area contributed by atoms with E-state index in [1.807, 2.05) is 19.9 Å². The van der Waals surface area contributed by atoms with Gasteiger partial charge in [-0.1, -0.05) is 0 Å². The lowest BCUT2D eigenvalue weighted by atomic mass is 10.1. The monoisotopic (exact) mass is 218 g/mol. The van der Waals surface area contributed by atoms with Crippen LogP contribution in [0.5, 0.6) is 0 Å². The fourth-order valence-electron chi connectivity index (χ4n) is 1.86. The first-order chi connectivity index (χ1) is 7.50. The van der Waals surface area contributed by atoms with Crippen molar-refractivity contribution >= 4 is 16.8 Å². The van der Waals surface area contributed by atoms with Crippen LogP contribution < -0.4 is 5.69 Å². The molecule has 1 N–H and O–H groups in total. The van der Waals surface area contributed by atoms with Crippen LogP contribution in [0.3, 0.4) is 0 Å². The summed E-state index contributed by atoms with van der Waals surface area (Å²) in [5.74, 6) is 0.0000425. The molecule has 0 aliphatic carbocycles. The highest BCUT2D eigenvalue weighted by Gasteiger charge is 2.10. The van der Waals surface area contributed by atoms with Gasteiger partial charge in [-0.2, -0.15) is 0 Å². The van der Waals surface area contributed by atoms with E-state index in [1.54, 1.807) is 16.7 Å². The number of imidazole rings is 1. The van der Waals surface area contributed by atoms with Crippen molar-refractivity contribution in [3.63, 3.8) is 0 Å². The number of H-pyrrole nitrogens is 1. The highest BCUT2D eigenvalue weighted by Crippen LogP contribution is 2.16. The van der Waals surface area contributed by atoms with E-state index in [1.165, 1.54) is 6.92 Å². The Kier molecular flexibility index (Phi) is 2.42. The van der Waals surface area contributed by atoms with Crippen molar-refractivity contribution in [2.45, 2.75) is 26.8 Å². The van der Waals surface area contributed by atoms with Gasteiger partial charge >= 0.3 is 5.69 Å². The number of benzene rings is 1. The first-order valence-electron chi connectivity index (χ1n) is 5.26. The summed E-state index contributed by atoms with van der Waals surface area (Å²) in [7, 11) is 0. The number of hydrogen-bond acceptors (Lipinski definition) is 2. The summed E-state index contributed by atoms with van der Waals surface area (Å²) in [6.45, 7) is 5.42. The topological polar surface area (TPSA) is 54.9 Å². The van der Waals surface area contributed by atoms with Gasteiger partial charge in [0, 0.05) is 11.6 Å². The van der Waals surface area contributed by atoms with Crippen molar-refractivity contribution in [3.8, 4) is 0 Å². The molecule has 0 unspecified atom stereocenters. The third-order valence-electron chi connectivity index (χ3n) is 2.64. The normalized spacial score (nSPS) is 11.2. The van der Waals surface area contributed by atoms with Gasteiger partial charge < -0.3 is 4.98 Å². The fourth-order valence-corrected chi connectivity index (χ4v) is 1.86. The molecule has 0 fully saturated rings. The molecule has 0 atom stereocenters. The molecule has 0 saturated carbocycles. The standard InChI is InChI=1S/C12H14N2O2/c1-7(2)14-11-5-4-9(8(3)15)6-10(11)13-12(14)16/h4-7H,1-3H3,(H,13,16). The summed E-state index contributed by atoms with van der Waals surface area (Å²) in [6, 6.07) is 5.38. The summed E-state index contributed by atoms with van der Waals surface area (Å²) < 4.78 is 1.68. The number of nitrogens with one attached hydrogen (secondary N) is 1. The molecule has 1 aromatic heterocycles. The SMILES string of the molecule is CC(=O)c1ccc2c(c1)[nH]c(=O)n2C(C)C. The predicted octanol–water partition coefficient (Wildman–Crippen LogP) is 2.11. The second kappa shape index (κ2) is 3.63. The third-order valence-corrected chi connectivity index (χ3v) is 2.64. The van der Waals surface area contributed by atoms with E-state index in [4.69, 9.17) is 0 Å². The van der Waals surface area contributed by atoms with Crippen molar-refractivity contribution in [3.05, 3.63) is 34.2 Å². The molecule has 0 aliphatic rings. The van der Waals surface area contributed by atoms with Crippen LogP contribution in [0.15, 0.2) is 23.0 Å². The van der Waals surface area contributed by atoms with Gasteiger partial charge in [0.15, 0.2) is 5.78 Å². The maximum absolute atomic E-state index is 11.7. The van der Waals surface area contributed by atoms with E-state index in [2.05, 4.69) is 4.98 Å². The van der Waals surface area contributed by atoms with Crippen molar-refractivity contribution < 1.29 is 4.79 Å². The molecule has 1 heterocycles. The molecule has 16 heavy (non-hydrogen) atoms. The number of ketones is 1. The molecule has 0 saturated heterocycles. The Balaban J connectivity index is 2.75. The highest BCUT2D eigenvalue weighted by atomic mass is 16.1. The van der Waals surface area contributed by atoms with Gasteiger partial charge in [0.2, 0.25) is 0 Å². The maximum Gasteiger partial charge on any atom is 0.326 e. The third kappa shape index (κ3) is 1.56. The van der Waals surface area contributed by atoms with Crippen LogP contribution in [-0.2, 0) is 0 Å². The molecule has 0 radical (unpaired) electrons. The Morgan fingerprint density at radius 3 is 2.62 bits per heavy atom. The van der Waals surface area contributed by atoms with E-state index in [-0.39, 0.29) is 17.5 Å². The van der Waals surface area contributed by atoms with Gasteiger partial charge in [0.25, 0.3) is 0 Å². The first-order valence-corrected chi connectivity index (χ1v) is 5.26. The lowest BCUT2D eigenvalue weighted by Gasteiger charge is -2.06. The van der Waals surface area contributed by atoms with E-state index >= 15 is 0 Å². The van der Waals surface area contributed by atoms with Crippen LogP contribution in [0.1, 0.15) is 37.2 Å². The second-order valence-electron chi connectivity index (χ2n) is 4.18. The van der Waals surface area contributed by atoms with Crippen LogP contribution in [0.25, 0.3) is 11.0 Å². The van der Waals surface area contributed by atoms with Crippen LogP contribution in [0.4, 0.5) is 0 Å². The lowest BCUT2D eigenvalue weighted by molar-refractivity contribution is 0.101. The Labute approximate surface area is 92.9 Å². The van der Waals surface area contributed by atoms with Gasteiger partial charge in [0.05, 0.1) is 11.0 Å². The lowest BCUT2D eigenvalue weighted by Crippen LogP contribution is -2.18. The van der Waals surface area contributed by atoms with Crippen LogP contribution in [0.2, 0.25) is 0 Å². The molecule has 0 spiro atoms. The Hall–Kier alpha value is -1.84. The summed E-state index contributed by atoms with van der Waals surface area (Å²) >= 11 is 0. The van der Waals surface area contributed by atoms with Crippen molar-refractivity contribution in [1.82, 2.24) is 9.55 Å². The summed E-state index contributed by atoms with van der Waals surface area (Å²) in [6.07, 6.45) is 0. The molecular weight excluding hydrogens is 204 g/mol. The minimum Gasteiger partial charge on any atom is -0.306 e. The number of hydrogen-bond donors (Lipinski definition) is 1. The Morgan fingerprint density at radius 2 is 2.06 bits per heavy atom. The van der Waals surface area contributed by atoms with E-state index in [0.717, 1.165) is 5.52 Å². The van der Waals surface area contributed by atoms with E-state index in [0.29, 0.717) is 11.1 Å². The second-order valence-corrected chi connectivity index (χ2v) is 4.18. The number of Topliss-reactive ketones (excluding diaryl/α,β-unsaturated/α-hetero) is 1. The minimum absolute atomic E-state index is 0.0000425. The quantitative estimate of drug-likeness (QED) is 0.785. The Morgan fingerprint density at radius 1 is 1.38 bits per heavy atom. The number of aromatic amines is 1. The van der Waals surface area contributed by atoms with Crippen molar-refractivity contribution in [2.75, 3.05) is 0 Å². The van der Waals surface area contributed by atoms with Crippen LogP contribution >= 0.6 is 0 Å². The number of fused-ring (bicyclic) bond motifs is 1. The van der Waals surface area contributed by atoms with Crippen LogP contribution in [0, 0.1) is 0 Å². The molecule has 2 aromatic rings. The number of carbonyl (C=O) groups excluding carboxylic acids is 1. The molecule has 0 amide bonds. The summed E-state index contributed by atoms with van der Waals surface area (Å²) in [4.78, 5) is 25.7. The number of aromatic nitrogens is 2. The van der Waals surface area contributed by atoms with Gasteiger partial charge in [-0.3, -0.25) is 9.36 Å². The molecule has 0 bridgehead atoms. The Bertz CT molecular complexity index is 605. The molecule has 1 aromatic carbocycles. The van der Waals surface area contributed by atoms with Gasteiger partial charge in [-0.05, 0) is 39.0 Å². The maximum atomic E-state index is 11.7. The van der Waals surface area contributed by atoms with Crippen molar-refractivity contribution in [2.24, 2.45) is 0 Å². The largest absolute Gasteiger partial charge is 0.326 e. The highest BCUT2D eigenvalue weighted by molar-refractivity contribution is 5.97. The van der Waals surface area contributed by atoms with E-state index < -0.39 is 0 Å². The minimum atomic E-state index is -0.134. The fraction of sp³-hybridized carbons (Fsp3) is 0.333. The molecular formula is C12H14N2O2. The smallest absolute Gasteiger partial charge is 0.306 e. The summed E-state index contributed by atoms with van der Waals surface area (Å²) in [5.41, 5.74) is 2.03. The number of rotatable bonds is 2. The van der Waals surface area contributed by atoms with Crippen molar-refractivity contribution in [1.29, 1.82) is 0 Å².